The number of nitrogens with one attached hydrogen (secondary N) is 1. The van der Waals surface area contributed by atoms with E-state index >= 15 is 0 Å². The van der Waals surface area contributed by atoms with Crippen LogP contribution in [0.5, 0.6) is 0 Å². The van der Waals surface area contributed by atoms with Crippen molar-refractivity contribution < 1.29 is 9.84 Å². The molecular weight excluding hydrogens is 216 g/mol. The molecule has 102 valence electrons. The average molecular weight is 244 g/mol. The molecule has 0 aromatic rings. The zero-order valence-corrected chi connectivity index (χ0v) is 11.5. The summed E-state index contributed by atoms with van der Waals surface area (Å²) in [7, 11) is 2.03. The first-order chi connectivity index (χ1) is 8.17. The van der Waals surface area contributed by atoms with Gasteiger partial charge in [0.05, 0.1) is 12.7 Å². The smallest absolute Gasteiger partial charge is 0.0900 e. The minimum Gasteiger partial charge on any atom is -0.389 e. The lowest BCUT2D eigenvalue weighted by molar-refractivity contribution is 0.0136. The van der Waals surface area contributed by atoms with Gasteiger partial charge >= 0.3 is 0 Å². The Morgan fingerprint density at radius 1 is 1.41 bits per heavy atom. The number of β-amino-alcohol motifs (C(OH)–C–C–N with tert-alkyl or cyclic N) is 1. The van der Waals surface area contributed by atoms with Crippen LogP contribution in [0, 0.1) is 5.92 Å². The largest absolute Gasteiger partial charge is 0.389 e. The fourth-order valence-corrected chi connectivity index (χ4v) is 2.48. The van der Waals surface area contributed by atoms with Crippen LogP contribution in [0.3, 0.4) is 0 Å². The van der Waals surface area contributed by atoms with Crippen LogP contribution in [0.15, 0.2) is 0 Å². The summed E-state index contributed by atoms with van der Waals surface area (Å²) in [4.78, 5) is 2.35. The quantitative estimate of drug-likeness (QED) is 0.692. The minimum atomic E-state index is -0.340. The third-order valence-electron chi connectivity index (χ3n) is 3.78. The summed E-state index contributed by atoms with van der Waals surface area (Å²) in [5.41, 5.74) is 0. The van der Waals surface area contributed by atoms with Gasteiger partial charge in [0.2, 0.25) is 0 Å². The van der Waals surface area contributed by atoms with Crippen molar-refractivity contribution >= 4 is 0 Å². The molecule has 0 amide bonds. The SMILES string of the molecule is CCOCC(O)CN1CCC(C(C)NC)CC1. The van der Waals surface area contributed by atoms with Crippen LogP contribution >= 0.6 is 0 Å². The number of likely N-dealkylation sites (tertiary alicyclic amines) is 1. The van der Waals surface area contributed by atoms with Crippen molar-refractivity contribution in [3.63, 3.8) is 0 Å². The maximum Gasteiger partial charge on any atom is 0.0900 e. The molecule has 1 aliphatic rings. The number of hydrogen-bond acceptors (Lipinski definition) is 4. The van der Waals surface area contributed by atoms with E-state index in [-0.39, 0.29) is 6.10 Å². The number of nitrogens with zero attached hydrogens (tertiary/aromatic N) is 1. The van der Waals surface area contributed by atoms with Gasteiger partial charge in [0.1, 0.15) is 0 Å². The van der Waals surface area contributed by atoms with Crippen LogP contribution in [0.1, 0.15) is 26.7 Å². The highest BCUT2D eigenvalue weighted by Gasteiger charge is 2.23. The molecular formula is C13H28N2O2. The number of rotatable bonds is 7. The second kappa shape index (κ2) is 8.03. The van der Waals surface area contributed by atoms with Crippen molar-refractivity contribution in [3.05, 3.63) is 0 Å². The van der Waals surface area contributed by atoms with E-state index in [2.05, 4.69) is 17.1 Å². The van der Waals surface area contributed by atoms with Crippen LogP contribution in [0.25, 0.3) is 0 Å². The van der Waals surface area contributed by atoms with Crippen molar-refractivity contribution in [1.29, 1.82) is 0 Å². The molecule has 0 spiro atoms. The van der Waals surface area contributed by atoms with E-state index < -0.39 is 0 Å². The Morgan fingerprint density at radius 3 is 2.59 bits per heavy atom. The lowest BCUT2D eigenvalue weighted by atomic mass is 9.90. The van der Waals surface area contributed by atoms with E-state index in [9.17, 15) is 5.11 Å². The average Bonchev–Trinajstić information content (AvgIpc) is 2.36. The van der Waals surface area contributed by atoms with Gasteiger partial charge in [0, 0.05) is 19.2 Å². The van der Waals surface area contributed by atoms with Crippen LogP contribution in [-0.2, 0) is 4.74 Å². The fraction of sp³-hybridized carbons (Fsp3) is 1.00. The molecule has 2 N–H and O–H groups in total. The lowest BCUT2D eigenvalue weighted by Gasteiger charge is -2.35. The first-order valence-corrected chi connectivity index (χ1v) is 6.82. The first kappa shape index (κ1) is 14.9. The Balaban J connectivity index is 2.18. The summed E-state index contributed by atoms with van der Waals surface area (Å²) in [5.74, 6) is 0.778. The van der Waals surface area contributed by atoms with Gasteiger partial charge in [-0.2, -0.15) is 0 Å². The van der Waals surface area contributed by atoms with Crippen molar-refractivity contribution in [2.45, 2.75) is 38.8 Å². The monoisotopic (exact) mass is 244 g/mol. The first-order valence-electron chi connectivity index (χ1n) is 6.82. The highest BCUT2D eigenvalue weighted by Crippen LogP contribution is 2.20. The topological polar surface area (TPSA) is 44.7 Å². The van der Waals surface area contributed by atoms with Gasteiger partial charge in [-0.3, -0.25) is 0 Å². The number of aliphatic hydroxyl groups is 1. The number of hydrogen-bond donors (Lipinski definition) is 2. The van der Waals surface area contributed by atoms with E-state index in [0.29, 0.717) is 19.3 Å². The standard InChI is InChI=1S/C13H28N2O2/c1-4-17-10-13(16)9-15-7-5-12(6-8-15)11(2)14-3/h11-14,16H,4-10H2,1-3H3. The van der Waals surface area contributed by atoms with Crippen LogP contribution in [-0.4, -0.2) is 62.0 Å². The zero-order valence-electron chi connectivity index (χ0n) is 11.5. The van der Waals surface area contributed by atoms with Gasteiger partial charge in [0.15, 0.2) is 0 Å². The van der Waals surface area contributed by atoms with E-state index in [1.807, 2.05) is 14.0 Å². The Hall–Kier alpha value is -0.160. The Labute approximate surface area is 105 Å². The molecule has 0 saturated carbocycles. The van der Waals surface area contributed by atoms with Gasteiger partial charge in [-0.1, -0.05) is 0 Å². The molecule has 4 nitrogen and oxygen atoms in total. The highest BCUT2D eigenvalue weighted by atomic mass is 16.5. The van der Waals surface area contributed by atoms with Gasteiger partial charge in [0.25, 0.3) is 0 Å². The second-order valence-electron chi connectivity index (χ2n) is 5.03. The molecule has 1 aliphatic heterocycles. The van der Waals surface area contributed by atoms with Gasteiger partial charge in [-0.05, 0) is 52.7 Å². The summed E-state index contributed by atoms with van der Waals surface area (Å²) in [6, 6.07) is 0.602. The summed E-state index contributed by atoms with van der Waals surface area (Å²) >= 11 is 0. The third kappa shape index (κ3) is 5.34. The zero-order chi connectivity index (χ0) is 12.7. The Kier molecular flexibility index (Phi) is 7.04. The van der Waals surface area contributed by atoms with Crippen molar-refractivity contribution in [3.8, 4) is 0 Å². The van der Waals surface area contributed by atoms with E-state index in [1.165, 1.54) is 12.8 Å². The Morgan fingerprint density at radius 2 is 2.06 bits per heavy atom. The van der Waals surface area contributed by atoms with E-state index in [0.717, 1.165) is 25.6 Å². The van der Waals surface area contributed by atoms with Gasteiger partial charge in [-0.25, -0.2) is 0 Å². The second-order valence-corrected chi connectivity index (χ2v) is 5.03. The molecule has 1 rings (SSSR count). The molecule has 0 radical (unpaired) electrons. The molecule has 0 aromatic heterocycles. The maximum atomic E-state index is 9.77. The molecule has 1 heterocycles. The van der Waals surface area contributed by atoms with Crippen molar-refractivity contribution in [1.82, 2.24) is 10.2 Å². The Bertz CT molecular complexity index is 194. The predicted octanol–water partition coefficient (Wildman–Crippen LogP) is 0.704. The van der Waals surface area contributed by atoms with Gasteiger partial charge < -0.3 is 20.1 Å². The molecule has 17 heavy (non-hydrogen) atoms. The molecule has 0 bridgehead atoms. The number of aliphatic hydroxyl groups excluding tert-OH is 1. The molecule has 1 fully saturated rings. The van der Waals surface area contributed by atoms with Crippen LogP contribution in [0.2, 0.25) is 0 Å². The molecule has 1 saturated heterocycles. The molecule has 2 atom stereocenters. The van der Waals surface area contributed by atoms with E-state index in [1.54, 1.807) is 0 Å². The highest BCUT2D eigenvalue weighted by molar-refractivity contribution is 4.79. The predicted molar refractivity (Wildman–Crippen MR) is 70.2 cm³/mol. The fourth-order valence-electron chi connectivity index (χ4n) is 2.48. The third-order valence-corrected chi connectivity index (χ3v) is 3.78. The summed E-state index contributed by atoms with van der Waals surface area (Å²) in [5, 5.41) is 13.1. The molecule has 2 unspecified atom stereocenters. The van der Waals surface area contributed by atoms with Crippen molar-refractivity contribution in [2.24, 2.45) is 5.92 Å². The summed E-state index contributed by atoms with van der Waals surface area (Å²) < 4.78 is 5.23. The van der Waals surface area contributed by atoms with E-state index in [4.69, 9.17) is 4.74 Å². The van der Waals surface area contributed by atoms with Crippen LogP contribution in [0.4, 0.5) is 0 Å². The van der Waals surface area contributed by atoms with Crippen molar-refractivity contribution in [2.75, 3.05) is 39.9 Å². The van der Waals surface area contributed by atoms with Gasteiger partial charge in [-0.15, -0.1) is 0 Å². The summed E-state index contributed by atoms with van der Waals surface area (Å²) in [6.45, 7) is 8.30. The maximum absolute atomic E-state index is 9.77. The molecule has 0 aliphatic carbocycles. The lowest BCUT2D eigenvalue weighted by Crippen LogP contribution is -2.44. The molecule has 4 heteroatoms. The minimum absolute atomic E-state index is 0.340. The molecule has 0 aromatic carbocycles. The number of ether oxygens (including phenoxy) is 1. The van der Waals surface area contributed by atoms with Crippen LogP contribution < -0.4 is 5.32 Å². The number of piperidine rings is 1. The normalized spacial score (nSPS) is 22.6. The summed E-state index contributed by atoms with van der Waals surface area (Å²) in [6.07, 6.45) is 2.11.